The molecule has 0 saturated heterocycles. The van der Waals surface area contributed by atoms with Gasteiger partial charge in [0.2, 0.25) is 0 Å². The van der Waals surface area contributed by atoms with Crippen LogP contribution in [0.4, 0.5) is 0 Å². The second-order valence-corrected chi connectivity index (χ2v) is 6.00. The number of nitrogens with one attached hydrogen (secondary N) is 1. The van der Waals surface area contributed by atoms with Gasteiger partial charge in [0.15, 0.2) is 0 Å². The van der Waals surface area contributed by atoms with Crippen LogP contribution < -0.4 is 5.32 Å². The molecule has 2 fully saturated rings. The highest BCUT2D eigenvalue weighted by molar-refractivity contribution is 5.94. The average Bonchev–Trinajstić information content (AvgIpc) is 3.09. The van der Waals surface area contributed by atoms with Crippen molar-refractivity contribution >= 4 is 16.9 Å². The number of fused-ring (bicyclic) bond motifs is 3. The van der Waals surface area contributed by atoms with Gasteiger partial charge >= 0.3 is 0 Å². The molecule has 0 unspecified atom stereocenters. The summed E-state index contributed by atoms with van der Waals surface area (Å²) in [6.07, 6.45) is 6.60. The Labute approximate surface area is 117 Å². The monoisotopic (exact) mass is 267 g/mol. The molecule has 2 bridgehead atoms. The van der Waals surface area contributed by atoms with Crippen LogP contribution in [0.3, 0.4) is 0 Å². The summed E-state index contributed by atoms with van der Waals surface area (Å²) in [5, 5.41) is 3.15. The lowest BCUT2D eigenvalue weighted by molar-refractivity contribution is 0.0918. The lowest BCUT2D eigenvalue weighted by atomic mass is 9.95. The Kier molecular flexibility index (Phi) is 2.69. The van der Waals surface area contributed by atoms with E-state index < -0.39 is 0 Å². The first-order chi connectivity index (χ1) is 9.79. The van der Waals surface area contributed by atoms with E-state index in [1.54, 1.807) is 6.20 Å². The quantitative estimate of drug-likeness (QED) is 0.909. The summed E-state index contributed by atoms with van der Waals surface area (Å²) in [6, 6.07) is 7.96. The fourth-order valence-electron chi connectivity index (χ4n) is 3.73. The first-order valence-corrected chi connectivity index (χ1v) is 7.32. The highest BCUT2D eigenvalue weighted by atomic mass is 16.1. The number of amides is 1. The van der Waals surface area contributed by atoms with Crippen LogP contribution in [0.15, 0.2) is 30.5 Å². The van der Waals surface area contributed by atoms with Crippen molar-refractivity contribution in [1.29, 1.82) is 0 Å². The van der Waals surface area contributed by atoms with Gasteiger partial charge in [-0.1, -0.05) is 18.6 Å². The highest BCUT2D eigenvalue weighted by Gasteiger charge is 2.40. The highest BCUT2D eigenvalue weighted by Crippen LogP contribution is 2.44. The molecule has 1 amide bonds. The normalized spacial score (nSPS) is 27.9. The van der Waals surface area contributed by atoms with E-state index in [0.717, 1.165) is 23.4 Å². The average molecular weight is 267 g/mol. The zero-order valence-electron chi connectivity index (χ0n) is 11.2. The van der Waals surface area contributed by atoms with Crippen molar-refractivity contribution in [2.45, 2.75) is 31.7 Å². The minimum absolute atomic E-state index is 0.0826. The van der Waals surface area contributed by atoms with Crippen LogP contribution >= 0.6 is 0 Å². The zero-order chi connectivity index (χ0) is 13.5. The van der Waals surface area contributed by atoms with Crippen molar-refractivity contribution in [1.82, 2.24) is 15.3 Å². The van der Waals surface area contributed by atoms with Crippen LogP contribution in [0.25, 0.3) is 11.0 Å². The van der Waals surface area contributed by atoms with Gasteiger partial charge in [0, 0.05) is 6.04 Å². The zero-order valence-corrected chi connectivity index (χ0v) is 11.2. The first kappa shape index (κ1) is 11.8. The Morgan fingerprint density at radius 1 is 1.15 bits per heavy atom. The van der Waals surface area contributed by atoms with E-state index in [2.05, 4.69) is 15.3 Å². The van der Waals surface area contributed by atoms with E-state index in [1.807, 2.05) is 24.3 Å². The van der Waals surface area contributed by atoms with E-state index in [1.165, 1.54) is 19.3 Å². The fourth-order valence-corrected chi connectivity index (χ4v) is 3.73. The maximum atomic E-state index is 12.3. The molecule has 20 heavy (non-hydrogen) atoms. The van der Waals surface area contributed by atoms with Crippen molar-refractivity contribution in [3.05, 3.63) is 36.2 Å². The Balaban J connectivity index is 1.54. The molecule has 1 heterocycles. The first-order valence-electron chi connectivity index (χ1n) is 7.32. The lowest BCUT2D eigenvalue weighted by Crippen LogP contribution is -2.38. The van der Waals surface area contributed by atoms with E-state index in [-0.39, 0.29) is 5.91 Å². The summed E-state index contributed by atoms with van der Waals surface area (Å²) in [7, 11) is 0. The minimum atomic E-state index is -0.0826. The standard InChI is InChI=1S/C16H17N3O/c20-16(19-14-8-10-5-6-11(14)7-10)15-9-17-12-3-1-2-4-13(12)18-15/h1-4,9-11,14H,5-8H2,(H,19,20)/t10-,11+,14+/m1/s1. The topological polar surface area (TPSA) is 54.9 Å². The predicted octanol–water partition coefficient (Wildman–Crippen LogP) is 2.55. The van der Waals surface area contributed by atoms with E-state index >= 15 is 0 Å². The maximum absolute atomic E-state index is 12.3. The minimum Gasteiger partial charge on any atom is -0.348 e. The molecule has 0 aliphatic heterocycles. The van der Waals surface area contributed by atoms with Crippen LogP contribution in [0.5, 0.6) is 0 Å². The Bertz CT molecular complexity index is 670. The smallest absolute Gasteiger partial charge is 0.271 e. The maximum Gasteiger partial charge on any atom is 0.271 e. The molecule has 2 aliphatic carbocycles. The van der Waals surface area contributed by atoms with Crippen LogP contribution in [-0.4, -0.2) is 21.9 Å². The number of rotatable bonds is 2. The molecule has 1 aromatic carbocycles. The Morgan fingerprint density at radius 2 is 2.00 bits per heavy atom. The molecular weight excluding hydrogens is 250 g/mol. The fraction of sp³-hybridized carbons (Fsp3) is 0.438. The SMILES string of the molecule is O=C(N[C@H]1C[C@@H]2CC[C@H]1C2)c1cnc2ccccc2n1. The van der Waals surface area contributed by atoms with E-state index in [9.17, 15) is 4.79 Å². The molecule has 0 spiro atoms. The van der Waals surface area contributed by atoms with Crippen molar-refractivity contribution in [3.8, 4) is 0 Å². The van der Waals surface area contributed by atoms with Gasteiger partial charge in [0.05, 0.1) is 17.2 Å². The van der Waals surface area contributed by atoms with Crippen molar-refractivity contribution < 1.29 is 4.79 Å². The van der Waals surface area contributed by atoms with Crippen LogP contribution in [0.1, 0.15) is 36.2 Å². The number of hydrogen-bond donors (Lipinski definition) is 1. The number of nitrogens with zero attached hydrogens (tertiary/aromatic N) is 2. The number of carbonyl (C=O) groups is 1. The van der Waals surface area contributed by atoms with Crippen LogP contribution in [0.2, 0.25) is 0 Å². The van der Waals surface area contributed by atoms with Gasteiger partial charge in [-0.3, -0.25) is 9.78 Å². The third kappa shape index (κ3) is 1.96. The molecule has 0 radical (unpaired) electrons. The van der Waals surface area contributed by atoms with Crippen LogP contribution in [-0.2, 0) is 0 Å². The number of carbonyl (C=O) groups excluding carboxylic acids is 1. The van der Waals surface area contributed by atoms with Gasteiger partial charge in [-0.2, -0.15) is 0 Å². The van der Waals surface area contributed by atoms with Gasteiger partial charge in [-0.15, -0.1) is 0 Å². The summed E-state index contributed by atoms with van der Waals surface area (Å²) in [5.74, 6) is 1.42. The van der Waals surface area contributed by atoms with E-state index in [4.69, 9.17) is 0 Å². The second kappa shape index (κ2) is 4.54. The summed E-state index contributed by atoms with van der Waals surface area (Å²) in [4.78, 5) is 21.0. The number of hydrogen-bond acceptors (Lipinski definition) is 3. The molecule has 1 aromatic heterocycles. The van der Waals surface area contributed by atoms with Gasteiger partial charge in [0.1, 0.15) is 5.69 Å². The molecule has 4 heteroatoms. The molecule has 2 saturated carbocycles. The van der Waals surface area contributed by atoms with Gasteiger partial charge in [0.25, 0.3) is 5.91 Å². The third-order valence-corrected chi connectivity index (χ3v) is 4.74. The number of para-hydroxylation sites is 2. The molecule has 1 N–H and O–H groups in total. The van der Waals surface area contributed by atoms with Crippen molar-refractivity contribution in [2.24, 2.45) is 11.8 Å². The second-order valence-electron chi connectivity index (χ2n) is 6.00. The van der Waals surface area contributed by atoms with Crippen molar-refractivity contribution in [2.75, 3.05) is 0 Å². The molecular formula is C16H17N3O. The predicted molar refractivity (Wildman–Crippen MR) is 76.2 cm³/mol. The van der Waals surface area contributed by atoms with Crippen LogP contribution in [0, 0.1) is 11.8 Å². The summed E-state index contributed by atoms with van der Waals surface area (Å²) < 4.78 is 0. The third-order valence-electron chi connectivity index (χ3n) is 4.74. The van der Waals surface area contributed by atoms with Gasteiger partial charge < -0.3 is 5.32 Å². The summed E-state index contributed by atoms with van der Waals surface area (Å²) in [5.41, 5.74) is 2.02. The van der Waals surface area contributed by atoms with Gasteiger partial charge in [-0.25, -0.2) is 4.98 Å². The molecule has 102 valence electrons. The molecule has 3 atom stereocenters. The Hall–Kier alpha value is -1.97. The largest absolute Gasteiger partial charge is 0.348 e. The lowest BCUT2D eigenvalue weighted by Gasteiger charge is -2.22. The number of benzene rings is 1. The molecule has 2 aliphatic rings. The van der Waals surface area contributed by atoms with Gasteiger partial charge in [-0.05, 0) is 43.2 Å². The van der Waals surface area contributed by atoms with E-state index in [0.29, 0.717) is 17.7 Å². The summed E-state index contributed by atoms with van der Waals surface area (Å²) in [6.45, 7) is 0. The molecule has 2 aromatic rings. The Morgan fingerprint density at radius 3 is 2.75 bits per heavy atom. The molecule has 4 nitrogen and oxygen atoms in total. The summed E-state index contributed by atoms with van der Waals surface area (Å²) >= 11 is 0. The molecule has 4 rings (SSSR count). The van der Waals surface area contributed by atoms with Crippen molar-refractivity contribution in [3.63, 3.8) is 0 Å². The number of aromatic nitrogens is 2.